The molecule has 0 saturated heterocycles. The van der Waals surface area contributed by atoms with E-state index in [4.69, 9.17) is 4.74 Å². The van der Waals surface area contributed by atoms with E-state index in [1.807, 2.05) is 24.3 Å². The normalized spacial score (nSPS) is 13.7. The molecule has 0 aliphatic heterocycles. The SMILES string of the molecule is COC(=O)c1c(C)cc(SC2C=CC=C2)c([N+](=O)[O-])c1C. The number of esters is 1. The summed E-state index contributed by atoms with van der Waals surface area (Å²) in [5, 5.41) is 11.5. The van der Waals surface area contributed by atoms with Gasteiger partial charge in [0.25, 0.3) is 5.69 Å². The van der Waals surface area contributed by atoms with Crippen LogP contribution >= 0.6 is 11.8 Å². The summed E-state index contributed by atoms with van der Waals surface area (Å²) >= 11 is 1.40. The molecule has 1 aliphatic rings. The fraction of sp³-hybridized carbons (Fsp3) is 0.267. The standard InChI is InChI=1S/C15H15NO4S/c1-9-8-12(21-11-6-4-5-7-11)14(16(18)19)10(2)13(9)15(17)20-3/h4-8,11H,1-3H3. The predicted molar refractivity (Wildman–Crippen MR) is 81.8 cm³/mol. The van der Waals surface area contributed by atoms with Crippen molar-refractivity contribution in [3.05, 3.63) is 57.2 Å². The van der Waals surface area contributed by atoms with E-state index in [1.165, 1.54) is 18.9 Å². The lowest BCUT2D eigenvalue weighted by Crippen LogP contribution is -2.10. The number of hydrogen-bond donors (Lipinski definition) is 0. The van der Waals surface area contributed by atoms with Crippen LogP contribution in [-0.4, -0.2) is 23.3 Å². The van der Waals surface area contributed by atoms with E-state index in [-0.39, 0.29) is 16.5 Å². The van der Waals surface area contributed by atoms with E-state index < -0.39 is 10.9 Å². The van der Waals surface area contributed by atoms with Gasteiger partial charge < -0.3 is 4.74 Å². The van der Waals surface area contributed by atoms with Gasteiger partial charge in [0.15, 0.2) is 0 Å². The van der Waals surface area contributed by atoms with Crippen LogP contribution in [0, 0.1) is 24.0 Å². The Bertz CT molecular complexity index is 652. The Labute approximate surface area is 126 Å². The molecule has 110 valence electrons. The van der Waals surface area contributed by atoms with Crippen molar-refractivity contribution in [2.24, 2.45) is 0 Å². The molecule has 0 aromatic heterocycles. The van der Waals surface area contributed by atoms with Crippen LogP contribution in [0.15, 0.2) is 35.3 Å². The first-order valence-corrected chi connectivity index (χ1v) is 7.22. The highest BCUT2D eigenvalue weighted by Crippen LogP contribution is 2.39. The van der Waals surface area contributed by atoms with Gasteiger partial charge in [-0.3, -0.25) is 10.1 Å². The van der Waals surface area contributed by atoms with Crippen molar-refractivity contribution in [1.82, 2.24) is 0 Å². The van der Waals surface area contributed by atoms with Gasteiger partial charge in [-0.05, 0) is 25.5 Å². The molecule has 0 amide bonds. The molecule has 2 rings (SSSR count). The number of carbonyl (C=O) groups excluding carboxylic acids is 1. The third-order valence-corrected chi connectivity index (χ3v) is 4.40. The van der Waals surface area contributed by atoms with Gasteiger partial charge in [-0.1, -0.05) is 24.3 Å². The van der Waals surface area contributed by atoms with Gasteiger partial charge in [0, 0.05) is 10.8 Å². The fourth-order valence-corrected chi connectivity index (χ4v) is 3.52. The van der Waals surface area contributed by atoms with Gasteiger partial charge in [0.05, 0.1) is 22.5 Å². The number of thioether (sulfide) groups is 1. The van der Waals surface area contributed by atoms with Crippen molar-refractivity contribution in [2.75, 3.05) is 7.11 Å². The third kappa shape index (κ3) is 3.00. The van der Waals surface area contributed by atoms with Gasteiger partial charge in [-0.15, -0.1) is 11.8 Å². The van der Waals surface area contributed by atoms with Crippen LogP contribution in [0.4, 0.5) is 5.69 Å². The zero-order chi connectivity index (χ0) is 15.6. The number of allylic oxidation sites excluding steroid dienone is 2. The first kappa shape index (κ1) is 15.3. The van der Waals surface area contributed by atoms with Crippen molar-refractivity contribution in [3.8, 4) is 0 Å². The molecule has 0 spiro atoms. The van der Waals surface area contributed by atoms with Crippen LogP contribution in [0.5, 0.6) is 0 Å². The minimum atomic E-state index is -0.551. The van der Waals surface area contributed by atoms with Crippen LogP contribution in [0.25, 0.3) is 0 Å². The second-order valence-electron chi connectivity index (χ2n) is 4.64. The zero-order valence-corrected chi connectivity index (χ0v) is 12.8. The quantitative estimate of drug-likeness (QED) is 0.483. The molecule has 0 bridgehead atoms. The van der Waals surface area contributed by atoms with Crippen LogP contribution in [0.1, 0.15) is 21.5 Å². The molecule has 0 radical (unpaired) electrons. The maximum absolute atomic E-state index is 11.8. The topological polar surface area (TPSA) is 69.4 Å². The highest BCUT2D eigenvalue weighted by atomic mass is 32.2. The summed E-state index contributed by atoms with van der Waals surface area (Å²) in [6, 6.07) is 1.68. The van der Waals surface area contributed by atoms with Crippen LogP contribution in [0.2, 0.25) is 0 Å². The summed E-state index contributed by atoms with van der Waals surface area (Å²) in [5.41, 5.74) is 1.27. The number of ether oxygens (including phenoxy) is 1. The van der Waals surface area contributed by atoms with Crippen LogP contribution in [0.3, 0.4) is 0 Å². The molecule has 6 heteroatoms. The Hall–Kier alpha value is -2.08. The molecule has 21 heavy (non-hydrogen) atoms. The Balaban J connectivity index is 2.55. The number of benzene rings is 1. The van der Waals surface area contributed by atoms with Crippen LogP contribution in [-0.2, 0) is 4.74 Å². The van der Waals surface area contributed by atoms with Crippen molar-refractivity contribution in [2.45, 2.75) is 24.0 Å². The molecule has 0 unspecified atom stereocenters. The van der Waals surface area contributed by atoms with Gasteiger partial charge in [-0.2, -0.15) is 0 Å². The van der Waals surface area contributed by atoms with E-state index in [2.05, 4.69) is 0 Å². The smallest absolute Gasteiger partial charge is 0.338 e. The lowest BCUT2D eigenvalue weighted by atomic mass is 10.0. The second kappa shape index (κ2) is 6.13. The molecular formula is C15H15NO4S. The number of nitrogens with zero attached hydrogens (tertiary/aromatic N) is 1. The second-order valence-corrected chi connectivity index (χ2v) is 5.86. The molecule has 0 heterocycles. The molecule has 1 aromatic rings. The fourth-order valence-electron chi connectivity index (χ4n) is 2.31. The number of rotatable bonds is 4. The first-order chi connectivity index (χ1) is 9.95. The lowest BCUT2D eigenvalue weighted by Gasteiger charge is -2.13. The molecule has 1 aromatic carbocycles. The van der Waals surface area contributed by atoms with Gasteiger partial charge >= 0.3 is 5.97 Å². The molecule has 5 nitrogen and oxygen atoms in total. The van der Waals surface area contributed by atoms with Crippen LogP contribution < -0.4 is 0 Å². The number of hydrogen-bond acceptors (Lipinski definition) is 5. The Kier molecular flexibility index (Phi) is 4.47. The number of methoxy groups -OCH3 is 1. The summed E-state index contributed by atoms with van der Waals surface area (Å²) in [4.78, 5) is 23.3. The van der Waals surface area contributed by atoms with Crippen molar-refractivity contribution in [3.63, 3.8) is 0 Å². The minimum Gasteiger partial charge on any atom is -0.465 e. The number of nitro groups is 1. The number of carbonyl (C=O) groups is 1. The zero-order valence-electron chi connectivity index (χ0n) is 12.0. The lowest BCUT2D eigenvalue weighted by molar-refractivity contribution is -0.388. The summed E-state index contributed by atoms with van der Waals surface area (Å²) in [5.74, 6) is -0.551. The highest BCUT2D eigenvalue weighted by molar-refractivity contribution is 8.00. The van der Waals surface area contributed by atoms with Crippen molar-refractivity contribution < 1.29 is 14.5 Å². The average molecular weight is 305 g/mol. The Morgan fingerprint density at radius 1 is 1.33 bits per heavy atom. The molecule has 0 fully saturated rings. The highest BCUT2D eigenvalue weighted by Gasteiger charge is 2.27. The average Bonchev–Trinajstić information content (AvgIpc) is 2.90. The van der Waals surface area contributed by atoms with Gasteiger partial charge in [0.1, 0.15) is 0 Å². The van der Waals surface area contributed by atoms with Gasteiger partial charge in [0.2, 0.25) is 0 Å². The summed E-state index contributed by atoms with van der Waals surface area (Å²) in [6.45, 7) is 3.34. The maximum atomic E-state index is 11.8. The first-order valence-electron chi connectivity index (χ1n) is 6.34. The molecular weight excluding hydrogens is 290 g/mol. The molecule has 1 aliphatic carbocycles. The number of aryl methyl sites for hydroxylation is 1. The van der Waals surface area contributed by atoms with E-state index >= 15 is 0 Å². The molecule has 0 atom stereocenters. The predicted octanol–water partition coefficient (Wildman–Crippen LogP) is 3.58. The Morgan fingerprint density at radius 2 is 1.95 bits per heavy atom. The van der Waals surface area contributed by atoms with E-state index in [0.717, 1.165) is 0 Å². The molecule has 0 saturated carbocycles. The monoisotopic (exact) mass is 305 g/mol. The Morgan fingerprint density at radius 3 is 2.48 bits per heavy atom. The number of nitro benzene ring substituents is 1. The summed E-state index contributed by atoms with van der Waals surface area (Å²) in [7, 11) is 1.27. The summed E-state index contributed by atoms with van der Waals surface area (Å²) < 4.78 is 4.72. The largest absolute Gasteiger partial charge is 0.465 e. The summed E-state index contributed by atoms with van der Waals surface area (Å²) in [6.07, 6.45) is 7.75. The van der Waals surface area contributed by atoms with Crippen molar-refractivity contribution in [1.29, 1.82) is 0 Å². The third-order valence-electron chi connectivity index (χ3n) is 3.25. The maximum Gasteiger partial charge on any atom is 0.338 e. The minimum absolute atomic E-state index is 0.0281. The van der Waals surface area contributed by atoms with E-state index in [9.17, 15) is 14.9 Å². The van der Waals surface area contributed by atoms with Gasteiger partial charge in [-0.25, -0.2) is 4.79 Å². The van der Waals surface area contributed by atoms with E-state index in [0.29, 0.717) is 16.0 Å². The molecule has 0 N–H and O–H groups in total. The van der Waals surface area contributed by atoms with E-state index in [1.54, 1.807) is 19.9 Å². The van der Waals surface area contributed by atoms with Crippen molar-refractivity contribution >= 4 is 23.4 Å².